The summed E-state index contributed by atoms with van der Waals surface area (Å²) in [5, 5.41) is 5.80. The standard InChI is InChI=1S/C18H29N3O3S/c1-13(2)19-12-18(22)20-16-8-10-17(11-9-16)25(23,24)21-14(3)6-5-7-15(21)4/h8-11,13-15,19H,5-7,12H2,1-4H3,(H,20,22)/t14-,15+. The van der Waals surface area contributed by atoms with Crippen molar-refractivity contribution >= 4 is 21.6 Å². The summed E-state index contributed by atoms with van der Waals surface area (Å²) in [5.41, 5.74) is 0.592. The molecule has 1 fully saturated rings. The van der Waals surface area contributed by atoms with E-state index in [4.69, 9.17) is 0 Å². The van der Waals surface area contributed by atoms with Crippen LogP contribution in [-0.4, -0.2) is 43.3 Å². The van der Waals surface area contributed by atoms with E-state index in [1.54, 1.807) is 28.6 Å². The van der Waals surface area contributed by atoms with Gasteiger partial charge in [-0.3, -0.25) is 4.79 Å². The predicted molar refractivity (Wildman–Crippen MR) is 100 cm³/mol. The van der Waals surface area contributed by atoms with Crippen LogP contribution in [0.3, 0.4) is 0 Å². The Bertz CT molecular complexity index is 676. The highest BCUT2D eigenvalue weighted by molar-refractivity contribution is 7.89. The summed E-state index contributed by atoms with van der Waals surface area (Å²) in [6.45, 7) is 8.08. The zero-order valence-electron chi connectivity index (χ0n) is 15.5. The van der Waals surface area contributed by atoms with Gasteiger partial charge in [-0.15, -0.1) is 0 Å². The molecule has 2 N–H and O–H groups in total. The van der Waals surface area contributed by atoms with Gasteiger partial charge in [0.25, 0.3) is 0 Å². The molecule has 0 bridgehead atoms. The lowest BCUT2D eigenvalue weighted by atomic mass is 10.0. The summed E-state index contributed by atoms with van der Waals surface area (Å²) in [7, 11) is -3.52. The molecule has 0 aromatic heterocycles. The van der Waals surface area contributed by atoms with Crippen molar-refractivity contribution in [1.82, 2.24) is 9.62 Å². The second-order valence-electron chi connectivity index (χ2n) is 7.07. The average Bonchev–Trinajstić information content (AvgIpc) is 2.53. The summed E-state index contributed by atoms with van der Waals surface area (Å²) < 4.78 is 27.5. The molecule has 0 saturated carbocycles. The van der Waals surface area contributed by atoms with Crippen LogP contribution < -0.4 is 10.6 Å². The maximum Gasteiger partial charge on any atom is 0.243 e. The Morgan fingerprint density at radius 3 is 2.24 bits per heavy atom. The second kappa shape index (κ2) is 8.29. The number of hydrogen-bond acceptors (Lipinski definition) is 4. The third-order valence-electron chi connectivity index (χ3n) is 4.50. The SMILES string of the molecule is CC(C)NCC(=O)Nc1ccc(S(=O)(=O)N2[C@H](C)CCC[C@@H]2C)cc1. The van der Waals surface area contributed by atoms with Crippen molar-refractivity contribution in [2.75, 3.05) is 11.9 Å². The van der Waals surface area contributed by atoms with Crippen LogP contribution >= 0.6 is 0 Å². The van der Waals surface area contributed by atoms with Gasteiger partial charge in [-0.1, -0.05) is 20.3 Å². The molecule has 1 aromatic carbocycles. The van der Waals surface area contributed by atoms with Crippen molar-refractivity contribution in [3.05, 3.63) is 24.3 Å². The van der Waals surface area contributed by atoms with Gasteiger partial charge in [0.1, 0.15) is 0 Å². The molecule has 1 amide bonds. The summed E-state index contributed by atoms with van der Waals surface area (Å²) >= 11 is 0. The fourth-order valence-electron chi connectivity index (χ4n) is 3.21. The summed E-state index contributed by atoms with van der Waals surface area (Å²) in [4.78, 5) is 12.1. The van der Waals surface area contributed by atoms with Crippen molar-refractivity contribution in [1.29, 1.82) is 0 Å². The maximum atomic E-state index is 12.9. The molecule has 140 valence electrons. The van der Waals surface area contributed by atoms with Crippen LogP contribution in [0.25, 0.3) is 0 Å². The fraction of sp³-hybridized carbons (Fsp3) is 0.611. The van der Waals surface area contributed by atoms with E-state index in [2.05, 4.69) is 10.6 Å². The van der Waals surface area contributed by atoms with Crippen molar-refractivity contribution in [3.8, 4) is 0 Å². The van der Waals surface area contributed by atoms with Gasteiger partial charge in [-0.05, 0) is 51.0 Å². The number of nitrogens with one attached hydrogen (secondary N) is 2. The third-order valence-corrected chi connectivity index (χ3v) is 6.64. The molecule has 6 nitrogen and oxygen atoms in total. The molecular weight excluding hydrogens is 338 g/mol. The zero-order valence-corrected chi connectivity index (χ0v) is 16.3. The van der Waals surface area contributed by atoms with Crippen LogP contribution in [0.5, 0.6) is 0 Å². The minimum atomic E-state index is -3.52. The van der Waals surface area contributed by atoms with Crippen LogP contribution in [-0.2, 0) is 14.8 Å². The van der Waals surface area contributed by atoms with E-state index < -0.39 is 10.0 Å². The Morgan fingerprint density at radius 2 is 1.72 bits per heavy atom. The van der Waals surface area contributed by atoms with Crippen molar-refractivity contribution in [2.24, 2.45) is 0 Å². The quantitative estimate of drug-likeness (QED) is 0.810. The van der Waals surface area contributed by atoms with E-state index in [-0.39, 0.29) is 35.5 Å². The number of hydrogen-bond donors (Lipinski definition) is 2. The Morgan fingerprint density at radius 1 is 1.16 bits per heavy atom. The molecule has 0 spiro atoms. The number of carbonyl (C=O) groups is 1. The van der Waals surface area contributed by atoms with Gasteiger partial charge in [-0.2, -0.15) is 4.31 Å². The number of carbonyl (C=O) groups excluding carboxylic acids is 1. The molecule has 0 aliphatic carbocycles. The first-order valence-electron chi connectivity index (χ1n) is 8.88. The highest BCUT2D eigenvalue weighted by Crippen LogP contribution is 2.29. The molecule has 2 rings (SSSR count). The van der Waals surface area contributed by atoms with E-state index in [1.165, 1.54) is 0 Å². The highest BCUT2D eigenvalue weighted by Gasteiger charge is 2.35. The lowest BCUT2D eigenvalue weighted by Gasteiger charge is -2.37. The molecule has 1 aliphatic rings. The first-order valence-corrected chi connectivity index (χ1v) is 10.3. The molecule has 1 heterocycles. The Kier molecular flexibility index (Phi) is 6.59. The van der Waals surface area contributed by atoms with Gasteiger partial charge in [0.15, 0.2) is 0 Å². The van der Waals surface area contributed by atoms with Crippen LogP contribution in [0.2, 0.25) is 0 Å². The lowest BCUT2D eigenvalue weighted by molar-refractivity contribution is -0.115. The number of nitrogens with zero attached hydrogens (tertiary/aromatic N) is 1. The van der Waals surface area contributed by atoms with Crippen molar-refractivity contribution < 1.29 is 13.2 Å². The van der Waals surface area contributed by atoms with Crippen molar-refractivity contribution in [2.45, 2.75) is 70.0 Å². The van der Waals surface area contributed by atoms with Gasteiger partial charge in [0.05, 0.1) is 11.4 Å². The van der Waals surface area contributed by atoms with Gasteiger partial charge >= 0.3 is 0 Å². The molecule has 7 heteroatoms. The predicted octanol–water partition coefficient (Wildman–Crippen LogP) is 2.57. The van der Waals surface area contributed by atoms with E-state index in [0.29, 0.717) is 5.69 Å². The van der Waals surface area contributed by atoms with Gasteiger partial charge in [0.2, 0.25) is 15.9 Å². The largest absolute Gasteiger partial charge is 0.325 e. The molecule has 2 atom stereocenters. The topological polar surface area (TPSA) is 78.5 Å². The number of piperidine rings is 1. The lowest BCUT2D eigenvalue weighted by Crippen LogP contribution is -2.47. The van der Waals surface area contributed by atoms with E-state index in [1.807, 2.05) is 27.7 Å². The summed E-state index contributed by atoms with van der Waals surface area (Å²) in [6.07, 6.45) is 2.84. The molecular formula is C18H29N3O3S. The summed E-state index contributed by atoms with van der Waals surface area (Å²) in [5.74, 6) is -0.150. The minimum absolute atomic E-state index is 0.00948. The van der Waals surface area contributed by atoms with Crippen molar-refractivity contribution in [3.63, 3.8) is 0 Å². The average molecular weight is 368 g/mol. The number of amides is 1. The Hall–Kier alpha value is -1.44. The highest BCUT2D eigenvalue weighted by atomic mass is 32.2. The monoisotopic (exact) mass is 367 g/mol. The van der Waals surface area contributed by atoms with Crippen LogP contribution in [0.15, 0.2) is 29.2 Å². The maximum absolute atomic E-state index is 12.9. The van der Waals surface area contributed by atoms with E-state index >= 15 is 0 Å². The van der Waals surface area contributed by atoms with Crippen LogP contribution in [0.1, 0.15) is 47.0 Å². The Labute approximate surface area is 151 Å². The fourth-order valence-corrected chi connectivity index (χ4v) is 5.09. The third kappa shape index (κ3) is 5.03. The van der Waals surface area contributed by atoms with Gasteiger partial charge < -0.3 is 10.6 Å². The zero-order chi connectivity index (χ0) is 18.6. The first kappa shape index (κ1) is 19.9. The van der Waals surface area contributed by atoms with E-state index in [0.717, 1.165) is 19.3 Å². The number of benzene rings is 1. The Balaban J connectivity index is 2.09. The molecule has 0 unspecified atom stereocenters. The second-order valence-corrected chi connectivity index (χ2v) is 8.92. The number of rotatable bonds is 6. The van der Waals surface area contributed by atoms with Gasteiger partial charge in [-0.25, -0.2) is 8.42 Å². The van der Waals surface area contributed by atoms with Crippen LogP contribution in [0.4, 0.5) is 5.69 Å². The molecule has 1 aliphatic heterocycles. The van der Waals surface area contributed by atoms with Crippen LogP contribution in [0, 0.1) is 0 Å². The summed E-state index contributed by atoms with van der Waals surface area (Å²) in [6, 6.07) is 6.65. The molecule has 1 aromatic rings. The molecule has 1 saturated heterocycles. The molecule has 25 heavy (non-hydrogen) atoms. The van der Waals surface area contributed by atoms with E-state index in [9.17, 15) is 13.2 Å². The molecule has 0 radical (unpaired) electrons. The minimum Gasteiger partial charge on any atom is -0.325 e. The number of anilines is 1. The van der Waals surface area contributed by atoms with Gasteiger partial charge in [0, 0.05) is 23.8 Å². The first-order chi connectivity index (χ1) is 11.7. The normalized spacial score (nSPS) is 22.1. The smallest absolute Gasteiger partial charge is 0.243 e. The number of sulfonamides is 1.